The van der Waals surface area contributed by atoms with Gasteiger partial charge in [0.1, 0.15) is 17.0 Å². The summed E-state index contributed by atoms with van der Waals surface area (Å²) in [5.41, 5.74) is 2.69. The zero-order valence-electron chi connectivity index (χ0n) is 25.2. The number of aromatic nitrogens is 2. The molecule has 7 nitrogen and oxygen atoms in total. The number of hydrogen-bond donors (Lipinski definition) is 3. The Morgan fingerprint density at radius 3 is 2.54 bits per heavy atom. The van der Waals surface area contributed by atoms with Crippen LogP contribution in [0.4, 0.5) is 9.18 Å². The maximum Gasteiger partial charge on any atom is 0.407 e. The molecular weight excluding hydrogens is 559 g/mol. The quantitative estimate of drug-likeness (QED) is 0.202. The summed E-state index contributed by atoms with van der Waals surface area (Å²) in [6.45, 7) is 18.0. The Kier molecular flexibility index (Phi) is 8.10. The standard InChI is InChI=1S/C31H40ClFN4O3Si/c1-18-25(21-15-19(12-13-23(21)32)16-36-29(39)40-30(2,3)4)37(41(8,9)31(5,6)7)27(33)24(26(18)38)22-17-35-28-20(22)11-10-14-34-28/h10-15,17,25,38H,16H2,1-9H3,(H,34,35)(H,36,39). The first-order valence-electron chi connectivity index (χ1n) is 13.7. The maximum atomic E-state index is 17.1. The van der Waals surface area contributed by atoms with Gasteiger partial charge in [-0.1, -0.05) is 57.6 Å². The largest absolute Gasteiger partial charge is 0.507 e. The van der Waals surface area contributed by atoms with E-state index in [1.807, 2.05) is 29.7 Å². The molecule has 0 aliphatic carbocycles. The predicted octanol–water partition coefficient (Wildman–Crippen LogP) is 8.77. The van der Waals surface area contributed by atoms with Gasteiger partial charge in [-0.3, -0.25) is 0 Å². The van der Waals surface area contributed by atoms with E-state index in [9.17, 15) is 9.90 Å². The molecule has 0 saturated carbocycles. The van der Waals surface area contributed by atoms with Gasteiger partial charge in [-0.2, -0.15) is 4.39 Å². The van der Waals surface area contributed by atoms with Crippen LogP contribution in [0.3, 0.4) is 0 Å². The number of halogens is 2. The number of fused-ring (bicyclic) bond motifs is 1. The van der Waals surface area contributed by atoms with Gasteiger partial charge in [-0.15, -0.1) is 0 Å². The fourth-order valence-corrected chi connectivity index (χ4v) is 7.48. The number of aromatic amines is 1. The van der Waals surface area contributed by atoms with Gasteiger partial charge in [0.2, 0.25) is 0 Å². The molecule has 0 spiro atoms. The molecule has 4 rings (SSSR count). The molecule has 1 unspecified atom stereocenters. The molecule has 0 bridgehead atoms. The van der Waals surface area contributed by atoms with Crippen molar-refractivity contribution in [1.29, 1.82) is 0 Å². The van der Waals surface area contributed by atoms with E-state index >= 15 is 4.39 Å². The number of alkyl carbamates (subject to hydrolysis) is 1. The molecule has 1 atom stereocenters. The van der Waals surface area contributed by atoms with E-state index in [2.05, 4.69) is 49.1 Å². The third-order valence-corrected chi connectivity index (χ3v) is 13.7. The summed E-state index contributed by atoms with van der Waals surface area (Å²) in [4.78, 5) is 19.7. The Bertz CT molecular complexity index is 1550. The average molecular weight is 599 g/mol. The second-order valence-electron chi connectivity index (χ2n) is 13.1. The van der Waals surface area contributed by atoms with Crippen molar-refractivity contribution in [3.8, 4) is 0 Å². The number of ether oxygens (including phenoxy) is 1. The average Bonchev–Trinajstić information content (AvgIpc) is 3.28. The number of amides is 1. The molecule has 3 heterocycles. The first-order valence-corrected chi connectivity index (χ1v) is 17.0. The van der Waals surface area contributed by atoms with Gasteiger partial charge in [0.25, 0.3) is 0 Å². The summed E-state index contributed by atoms with van der Waals surface area (Å²) in [6.07, 6.45) is 2.82. The number of aliphatic hydroxyl groups excluding tert-OH is 1. The monoisotopic (exact) mass is 598 g/mol. The number of H-pyrrole nitrogens is 1. The van der Waals surface area contributed by atoms with Crippen LogP contribution in [0.1, 0.15) is 71.2 Å². The molecule has 3 N–H and O–H groups in total. The molecule has 220 valence electrons. The first kappa shape index (κ1) is 30.7. The third kappa shape index (κ3) is 5.88. The summed E-state index contributed by atoms with van der Waals surface area (Å²) in [7, 11) is -2.63. The first-order chi connectivity index (χ1) is 18.9. The lowest BCUT2D eigenvalue weighted by Gasteiger charge is -2.52. The lowest BCUT2D eigenvalue weighted by molar-refractivity contribution is 0.0523. The highest BCUT2D eigenvalue weighted by Crippen LogP contribution is 2.53. The van der Waals surface area contributed by atoms with E-state index in [0.29, 0.717) is 27.4 Å². The van der Waals surface area contributed by atoms with Crippen LogP contribution in [0.5, 0.6) is 0 Å². The van der Waals surface area contributed by atoms with E-state index in [1.54, 1.807) is 45.3 Å². The summed E-state index contributed by atoms with van der Waals surface area (Å²) >= 11 is 6.80. The molecule has 41 heavy (non-hydrogen) atoms. The molecule has 0 saturated heterocycles. The smallest absolute Gasteiger partial charge is 0.407 e. The van der Waals surface area contributed by atoms with Gasteiger partial charge in [0, 0.05) is 34.9 Å². The number of pyridine rings is 1. The SMILES string of the molecule is CC1=C(O)C(c2c[nH]c3ncccc23)=C(F)N([Si](C)(C)C(C)(C)C)C1c1cc(CNC(=O)OC(C)(C)C)ccc1Cl. The number of rotatable bonds is 5. The Labute approximate surface area is 247 Å². The highest BCUT2D eigenvalue weighted by atomic mass is 35.5. The fraction of sp³-hybridized carbons (Fsp3) is 0.419. The van der Waals surface area contributed by atoms with E-state index in [-0.39, 0.29) is 22.9 Å². The zero-order chi connectivity index (χ0) is 30.5. The van der Waals surface area contributed by atoms with Crippen LogP contribution in [0.2, 0.25) is 23.2 Å². The van der Waals surface area contributed by atoms with Crippen LogP contribution in [-0.4, -0.2) is 39.6 Å². The number of carbonyl (C=O) groups excluding carboxylic acids is 1. The van der Waals surface area contributed by atoms with Crippen LogP contribution in [-0.2, 0) is 11.3 Å². The highest BCUT2D eigenvalue weighted by molar-refractivity contribution is 6.78. The van der Waals surface area contributed by atoms with Crippen molar-refractivity contribution in [1.82, 2.24) is 19.9 Å². The van der Waals surface area contributed by atoms with E-state index in [1.165, 1.54) is 0 Å². The van der Waals surface area contributed by atoms with E-state index in [0.717, 1.165) is 10.9 Å². The molecular formula is C31H40ClFN4O3Si. The molecule has 2 aromatic heterocycles. The number of nitrogens with zero attached hydrogens (tertiary/aromatic N) is 2. The molecule has 1 aliphatic heterocycles. The molecule has 1 amide bonds. The van der Waals surface area contributed by atoms with Gasteiger partial charge in [-0.25, -0.2) is 9.78 Å². The van der Waals surface area contributed by atoms with Crippen molar-refractivity contribution >= 4 is 42.5 Å². The minimum Gasteiger partial charge on any atom is -0.507 e. The van der Waals surface area contributed by atoms with Crippen molar-refractivity contribution < 1.29 is 19.0 Å². The van der Waals surface area contributed by atoms with Crippen LogP contribution >= 0.6 is 11.6 Å². The number of allylic oxidation sites excluding steroid dienone is 1. The van der Waals surface area contributed by atoms with Gasteiger partial charge in [-0.05, 0) is 67.6 Å². The van der Waals surface area contributed by atoms with Crippen molar-refractivity contribution in [2.75, 3.05) is 0 Å². The summed E-state index contributed by atoms with van der Waals surface area (Å²) in [5.74, 6) is -0.622. The van der Waals surface area contributed by atoms with Gasteiger partial charge < -0.3 is 24.7 Å². The summed E-state index contributed by atoms with van der Waals surface area (Å²) in [6, 6.07) is 8.43. The van der Waals surface area contributed by atoms with Crippen LogP contribution in [0.25, 0.3) is 16.6 Å². The Morgan fingerprint density at radius 1 is 1.22 bits per heavy atom. The molecule has 3 aromatic rings. The second kappa shape index (κ2) is 10.8. The minimum absolute atomic E-state index is 0.124. The summed E-state index contributed by atoms with van der Waals surface area (Å²) in [5, 5.41) is 15.3. The molecule has 0 radical (unpaired) electrons. The van der Waals surface area contributed by atoms with Crippen LogP contribution in [0.15, 0.2) is 60.0 Å². The number of nitrogens with one attached hydrogen (secondary N) is 2. The highest BCUT2D eigenvalue weighted by Gasteiger charge is 2.50. The van der Waals surface area contributed by atoms with Gasteiger partial charge in [0.15, 0.2) is 14.2 Å². The lowest BCUT2D eigenvalue weighted by atomic mass is 9.90. The fourth-order valence-electron chi connectivity index (χ4n) is 4.96. The number of benzene rings is 1. The Hall–Kier alpha value is -3.30. The van der Waals surface area contributed by atoms with Gasteiger partial charge >= 0.3 is 6.09 Å². The molecule has 1 aliphatic rings. The topological polar surface area (TPSA) is 90.5 Å². The lowest BCUT2D eigenvalue weighted by Crippen LogP contribution is -2.56. The number of hydrogen-bond acceptors (Lipinski definition) is 5. The molecule has 1 aromatic carbocycles. The van der Waals surface area contributed by atoms with Crippen molar-refractivity contribution in [2.45, 2.75) is 84.8 Å². The zero-order valence-corrected chi connectivity index (χ0v) is 27.0. The maximum absolute atomic E-state index is 17.1. The summed E-state index contributed by atoms with van der Waals surface area (Å²) < 4.78 is 24.4. The van der Waals surface area contributed by atoms with Crippen LogP contribution in [0, 0.1) is 0 Å². The molecule has 10 heteroatoms. The third-order valence-electron chi connectivity index (χ3n) is 8.05. The minimum atomic E-state index is -2.63. The van der Waals surface area contributed by atoms with E-state index in [4.69, 9.17) is 16.3 Å². The predicted molar refractivity (Wildman–Crippen MR) is 166 cm³/mol. The molecule has 0 fully saturated rings. The van der Waals surface area contributed by atoms with Crippen molar-refractivity contribution in [3.63, 3.8) is 0 Å². The van der Waals surface area contributed by atoms with Crippen molar-refractivity contribution in [3.05, 3.63) is 81.7 Å². The van der Waals surface area contributed by atoms with E-state index < -0.39 is 31.9 Å². The van der Waals surface area contributed by atoms with Crippen molar-refractivity contribution in [2.24, 2.45) is 0 Å². The number of aliphatic hydroxyl groups is 1. The number of carbonyl (C=O) groups is 1. The Morgan fingerprint density at radius 2 is 1.90 bits per heavy atom. The normalized spacial score (nSPS) is 17.0. The van der Waals surface area contributed by atoms with Gasteiger partial charge in [0.05, 0.1) is 11.6 Å². The Balaban J connectivity index is 1.86. The second-order valence-corrected chi connectivity index (χ2v) is 18.6. The van der Waals surface area contributed by atoms with Crippen LogP contribution < -0.4 is 5.32 Å².